The van der Waals surface area contributed by atoms with Crippen LogP contribution in [0.1, 0.15) is 0 Å². The second kappa shape index (κ2) is 5.47. The number of imide groups is 1. The molecule has 1 atom stereocenters. The number of aliphatic hydroxyl groups is 1. The quantitative estimate of drug-likeness (QED) is 0.357. The largest absolute Gasteiger partial charge is 1.00 e. The number of aliphatic hydroxyl groups excluding tert-OH is 1. The van der Waals surface area contributed by atoms with E-state index in [1.54, 1.807) is 0 Å². The molecular weight excluding hydrogens is 286 g/mol. The van der Waals surface area contributed by atoms with Gasteiger partial charge in [0.05, 0.1) is 0 Å². The van der Waals surface area contributed by atoms with Gasteiger partial charge in [-0.2, -0.15) is 0 Å². The van der Waals surface area contributed by atoms with Crippen molar-refractivity contribution in [2.75, 3.05) is 0 Å². The Morgan fingerprint density at radius 1 is 1.36 bits per heavy atom. The molecule has 0 saturated carbocycles. The van der Waals surface area contributed by atoms with Crippen LogP contribution in [0.15, 0.2) is 0 Å². The van der Waals surface area contributed by atoms with E-state index in [9.17, 15) is 9.59 Å². The third kappa shape index (κ3) is 4.30. The molecule has 0 aliphatic carbocycles. The molecule has 1 saturated heterocycles. The van der Waals surface area contributed by atoms with E-state index >= 15 is 0 Å². The lowest BCUT2D eigenvalue weighted by molar-refractivity contribution is -0.645. The van der Waals surface area contributed by atoms with Crippen molar-refractivity contribution < 1.29 is 54.0 Å². The molecule has 8 heteroatoms. The van der Waals surface area contributed by atoms with Gasteiger partial charge in [0.25, 0.3) is 6.35 Å². The summed E-state index contributed by atoms with van der Waals surface area (Å²) in [4.78, 5) is 20.6. The molecule has 0 aromatic rings. The topological polar surface area (TPSA) is 95.0 Å². The van der Waals surface area contributed by atoms with Crippen LogP contribution in [0.4, 0.5) is 9.59 Å². The van der Waals surface area contributed by atoms with E-state index in [-0.39, 0.29) is 34.0 Å². The molecule has 1 aliphatic rings. The molecule has 4 amide bonds. The standard InChI is InChI=1S/C3H5N3O3.2BrH/c7-1-4-2(8)6-3(9)5-1;;/h1,7H,(H3,4,5,6,8,9);2*1H/p-1. The van der Waals surface area contributed by atoms with Crippen molar-refractivity contribution in [3.8, 4) is 0 Å². The van der Waals surface area contributed by atoms with Gasteiger partial charge < -0.3 is 39.1 Å². The van der Waals surface area contributed by atoms with Crippen LogP contribution >= 0.6 is 0 Å². The van der Waals surface area contributed by atoms with Crippen molar-refractivity contribution in [3.05, 3.63) is 0 Å². The Balaban J connectivity index is 0. The van der Waals surface area contributed by atoms with E-state index in [0.717, 1.165) is 5.32 Å². The molecule has 0 aromatic carbocycles. The van der Waals surface area contributed by atoms with Gasteiger partial charge in [0.2, 0.25) is 0 Å². The molecule has 0 radical (unpaired) electrons. The summed E-state index contributed by atoms with van der Waals surface area (Å²) >= 11 is 0. The highest BCUT2D eigenvalue weighted by molar-refractivity contribution is 5.90. The minimum Gasteiger partial charge on any atom is -1.00 e. The predicted molar refractivity (Wildman–Crippen MR) is 25.0 cm³/mol. The van der Waals surface area contributed by atoms with Gasteiger partial charge in [0, 0.05) is 0 Å². The average molecular weight is 292 g/mol. The molecule has 6 nitrogen and oxygen atoms in total. The number of rotatable bonds is 0. The minimum atomic E-state index is -1.15. The molecule has 1 aliphatic heterocycles. The second-order valence-corrected chi connectivity index (χ2v) is 1.57. The van der Waals surface area contributed by atoms with E-state index < -0.39 is 18.4 Å². The van der Waals surface area contributed by atoms with Gasteiger partial charge in [-0.05, 0) is 0 Å². The summed E-state index contributed by atoms with van der Waals surface area (Å²) in [6, 6.07) is -1.25. The van der Waals surface area contributed by atoms with Gasteiger partial charge in [-0.1, -0.05) is 0 Å². The summed E-state index contributed by atoms with van der Waals surface area (Å²) in [5.41, 5.74) is 0. The van der Waals surface area contributed by atoms with Gasteiger partial charge in [-0.15, -0.1) is 0 Å². The summed E-state index contributed by atoms with van der Waals surface area (Å²) in [5, 5.41) is 13.5. The molecular formula is C3H6Br2N3O3-. The number of carbonyl (C=O) groups is 2. The summed E-state index contributed by atoms with van der Waals surface area (Å²) < 4.78 is 0. The van der Waals surface area contributed by atoms with E-state index in [1.807, 2.05) is 10.6 Å². The number of amides is 4. The van der Waals surface area contributed by atoms with Crippen LogP contribution in [0.5, 0.6) is 0 Å². The zero-order chi connectivity index (χ0) is 6.85. The Morgan fingerprint density at radius 2 is 1.91 bits per heavy atom. The second-order valence-electron chi connectivity index (χ2n) is 1.57. The lowest BCUT2D eigenvalue weighted by Gasteiger charge is -2.14. The van der Waals surface area contributed by atoms with E-state index in [0.29, 0.717) is 0 Å². The lowest BCUT2D eigenvalue weighted by Crippen LogP contribution is -3.02. The summed E-state index contributed by atoms with van der Waals surface area (Å²) in [7, 11) is 0. The number of hydrogen-bond donors (Lipinski definition) is 4. The Morgan fingerprint density at radius 3 is 2.27 bits per heavy atom. The van der Waals surface area contributed by atoms with E-state index in [1.165, 1.54) is 0 Å². The third-order valence-corrected chi connectivity index (χ3v) is 0.825. The molecule has 1 rings (SSSR count). The maximum Gasteiger partial charge on any atom is 0.425 e. The summed E-state index contributed by atoms with van der Waals surface area (Å²) in [5.74, 6) is 0. The first kappa shape index (κ1) is 13.4. The number of nitrogens with one attached hydrogen (secondary N) is 2. The fourth-order valence-electron chi connectivity index (χ4n) is 0.509. The van der Waals surface area contributed by atoms with Crippen molar-refractivity contribution in [2.24, 2.45) is 0 Å². The van der Waals surface area contributed by atoms with E-state index in [4.69, 9.17) is 5.11 Å². The average Bonchev–Trinajstić information content (AvgIpc) is 1.59. The van der Waals surface area contributed by atoms with Crippen LogP contribution in [0.3, 0.4) is 0 Å². The van der Waals surface area contributed by atoms with Crippen LogP contribution in [0, 0.1) is 0 Å². The van der Waals surface area contributed by atoms with Crippen molar-refractivity contribution in [3.63, 3.8) is 0 Å². The number of halogens is 2. The van der Waals surface area contributed by atoms with Crippen molar-refractivity contribution >= 4 is 12.1 Å². The summed E-state index contributed by atoms with van der Waals surface area (Å²) in [6.45, 7) is 0. The van der Waals surface area contributed by atoms with Crippen molar-refractivity contribution in [1.29, 1.82) is 0 Å². The number of hydrogen-bond acceptors (Lipinski definition) is 3. The van der Waals surface area contributed by atoms with Crippen LogP contribution < -0.4 is 49.9 Å². The number of primary amides is 1. The van der Waals surface area contributed by atoms with E-state index in [2.05, 4.69) is 0 Å². The van der Waals surface area contributed by atoms with Crippen LogP contribution in [0.2, 0.25) is 0 Å². The molecule has 1 fully saturated rings. The smallest absolute Gasteiger partial charge is 0.425 e. The highest BCUT2D eigenvalue weighted by atomic mass is 79.9. The molecule has 11 heavy (non-hydrogen) atoms. The maximum absolute atomic E-state index is 10.3. The Labute approximate surface area is 83.3 Å². The highest BCUT2D eigenvalue weighted by Crippen LogP contribution is 1.69. The monoisotopic (exact) mass is 290 g/mol. The zero-order valence-electron chi connectivity index (χ0n) is 5.17. The maximum atomic E-state index is 10.3. The normalized spacial score (nSPS) is 22.1. The SMILES string of the molecule is O=C1NC(=O)[NH2+]C(O)N1.[Br-].[Br-]. The van der Waals surface area contributed by atoms with Gasteiger partial charge in [-0.3, -0.25) is 5.32 Å². The van der Waals surface area contributed by atoms with Crippen molar-refractivity contribution in [2.45, 2.75) is 6.35 Å². The number of urea groups is 2. The van der Waals surface area contributed by atoms with Gasteiger partial charge in [0.15, 0.2) is 0 Å². The van der Waals surface area contributed by atoms with Crippen LogP contribution in [0.25, 0.3) is 0 Å². The van der Waals surface area contributed by atoms with Gasteiger partial charge >= 0.3 is 12.1 Å². The fraction of sp³-hybridized carbons (Fsp3) is 0.333. The molecule has 5 N–H and O–H groups in total. The Hall–Kier alpha value is -0.180. The molecule has 0 bridgehead atoms. The first-order chi connectivity index (χ1) is 4.18. The predicted octanol–water partition coefficient (Wildman–Crippen LogP) is -8.73. The van der Waals surface area contributed by atoms with Gasteiger partial charge in [0.1, 0.15) is 0 Å². The number of carbonyl (C=O) groups excluding carboxylic acids is 2. The minimum absolute atomic E-state index is 0. The summed E-state index contributed by atoms with van der Waals surface area (Å²) in [6.07, 6.45) is -1.15. The number of quaternary nitrogens is 1. The molecule has 1 heterocycles. The number of nitrogens with two attached hydrogens (primary N) is 1. The molecule has 1 unspecified atom stereocenters. The van der Waals surface area contributed by atoms with Gasteiger partial charge in [-0.25, -0.2) is 20.2 Å². The van der Waals surface area contributed by atoms with Crippen LogP contribution in [-0.4, -0.2) is 23.5 Å². The lowest BCUT2D eigenvalue weighted by atomic mass is 10.7. The first-order valence-corrected chi connectivity index (χ1v) is 2.33. The Bertz CT molecular complexity index is 148. The first-order valence-electron chi connectivity index (χ1n) is 2.33. The van der Waals surface area contributed by atoms with Crippen LogP contribution in [-0.2, 0) is 0 Å². The third-order valence-electron chi connectivity index (χ3n) is 0.825. The highest BCUT2D eigenvalue weighted by Gasteiger charge is 2.24. The fourth-order valence-corrected chi connectivity index (χ4v) is 0.509. The Kier molecular flexibility index (Phi) is 6.67. The molecule has 66 valence electrons. The zero-order valence-corrected chi connectivity index (χ0v) is 8.35. The molecule has 0 spiro atoms. The molecule has 0 aromatic heterocycles. The van der Waals surface area contributed by atoms with Crippen molar-refractivity contribution in [1.82, 2.24) is 10.6 Å².